The molecule has 1 aliphatic heterocycles. The van der Waals surface area contributed by atoms with E-state index in [-0.39, 0.29) is 12.5 Å². The molecule has 3 aromatic rings. The summed E-state index contributed by atoms with van der Waals surface area (Å²) in [5, 5.41) is 6.06. The van der Waals surface area contributed by atoms with Crippen LogP contribution in [0.3, 0.4) is 0 Å². The molecule has 3 heterocycles. The summed E-state index contributed by atoms with van der Waals surface area (Å²) in [5.74, 6) is 1.62. The van der Waals surface area contributed by atoms with E-state index in [1.807, 2.05) is 13.0 Å². The molecule has 0 spiro atoms. The molecule has 1 aliphatic rings. The Labute approximate surface area is 174 Å². The third-order valence-corrected chi connectivity index (χ3v) is 5.13. The average Bonchev–Trinajstić information content (AvgIpc) is 3.06. The summed E-state index contributed by atoms with van der Waals surface area (Å²) in [4.78, 5) is 35.5. The van der Waals surface area contributed by atoms with Gasteiger partial charge in [-0.1, -0.05) is 12.1 Å². The van der Waals surface area contributed by atoms with Gasteiger partial charge in [-0.05, 0) is 38.3 Å². The van der Waals surface area contributed by atoms with Crippen molar-refractivity contribution in [2.75, 3.05) is 36.4 Å². The monoisotopic (exact) mass is 410 g/mol. The van der Waals surface area contributed by atoms with Gasteiger partial charge in [0.1, 0.15) is 24.0 Å². The van der Waals surface area contributed by atoms with Crippen LogP contribution in [-0.4, -0.2) is 46.6 Å². The lowest BCUT2D eigenvalue weighted by Gasteiger charge is -2.28. The van der Waals surface area contributed by atoms with Crippen molar-refractivity contribution in [1.82, 2.24) is 19.9 Å². The van der Waals surface area contributed by atoms with E-state index in [2.05, 4.69) is 25.5 Å². The molecular formula is C21H26N6O3. The molecule has 0 radical (unpaired) electrons. The predicted octanol–water partition coefficient (Wildman–Crippen LogP) is 1.91. The van der Waals surface area contributed by atoms with Crippen LogP contribution in [0.5, 0.6) is 0 Å². The van der Waals surface area contributed by atoms with Crippen LogP contribution in [0, 0.1) is 6.92 Å². The second kappa shape index (κ2) is 8.98. The highest BCUT2D eigenvalue weighted by atomic mass is 16.4. The van der Waals surface area contributed by atoms with E-state index in [9.17, 15) is 9.59 Å². The number of nitrogens with one attached hydrogen (secondary N) is 2. The van der Waals surface area contributed by atoms with Crippen molar-refractivity contribution in [2.24, 2.45) is 0 Å². The Balaban J connectivity index is 1.29. The SMILES string of the molecule is Cc1nc(NCCNC(=O)Cn2c(=O)oc3ccccc32)cc(N2CCCCC2)n1. The first kappa shape index (κ1) is 19.9. The van der Waals surface area contributed by atoms with Crippen molar-refractivity contribution < 1.29 is 9.21 Å². The highest BCUT2D eigenvalue weighted by Crippen LogP contribution is 2.20. The number of amides is 1. The molecular weight excluding hydrogens is 384 g/mol. The largest absolute Gasteiger partial charge is 0.420 e. The molecule has 1 amide bonds. The average molecular weight is 410 g/mol. The number of hydrogen-bond donors (Lipinski definition) is 2. The van der Waals surface area contributed by atoms with Crippen molar-refractivity contribution in [2.45, 2.75) is 32.7 Å². The van der Waals surface area contributed by atoms with Crippen molar-refractivity contribution in [3.05, 3.63) is 46.7 Å². The first-order chi connectivity index (χ1) is 14.6. The Morgan fingerprint density at radius 3 is 2.77 bits per heavy atom. The van der Waals surface area contributed by atoms with Gasteiger partial charge in [0.25, 0.3) is 0 Å². The van der Waals surface area contributed by atoms with Gasteiger partial charge in [0.15, 0.2) is 5.58 Å². The van der Waals surface area contributed by atoms with E-state index in [0.29, 0.717) is 24.2 Å². The van der Waals surface area contributed by atoms with Gasteiger partial charge < -0.3 is 20.0 Å². The van der Waals surface area contributed by atoms with Gasteiger partial charge in [-0.3, -0.25) is 9.36 Å². The molecule has 158 valence electrons. The van der Waals surface area contributed by atoms with Gasteiger partial charge in [-0.2, -0.15) is 0 Å². The third kappa shape index (κ3) is 4.61. The fourth-order valence-electron chi connectivity index (χ4n) is 3.68. The number of rotatable bonds is 7. The zero-order valence-electron chi connectivity index (χ0n) is 17.1. The summed E-state index contributed by atoms with van der Waals surface area (Å²) in [7, 11) is 0. The molecule has 0 unspecified atom stereocenters. The molecule has 1 fully saturated rings. The number of aromatic nitrogens is 3. The quantitative estimate of drug-likeness (QED) is 0.573. The molecule has 4 rings (SSSR count). The Kier molecular flexibility index (Phi) is 5.97. The first-order valence-corrected chi connectivity index (χ1v) is 10.3. The van der Waals surface area contributed by atoms with Crippen molar-refractivity contribution in [3.63, 3.8) is 0 Å². The maximum absolute atomic E-state index is 12.3. The number of fused-ring (bicyclic) bond motifs is 1. The lowest BCUT2D eigenvalue weighted by atomic mass is 10.1. The highest BCUT2D eigenvalue weighted by molar-refractivity contribution is 5.79. The summed E-state index contributed by atoms with van der Waals surface area (Å²) < 4.78 is 6.48. The Morgan fingerprint density at radius 1 is 1.13 bits per heavy atom. The molecule has 1 saturated heterocycles. The van der Waals surface area contributed by atoms with Gasteiger partial charge in [0.05, 0.1) is 5.52 Å². The molecule has 30 heavy (non-hydrogen) atoms. The molecule has 2 aromatic heterocycles. The van der Waals surface area contributed by atoms with Crippen LogP contribution in [-0.2, 0) is 11.3 Å². The van der Waals surface area contributed by atoms with Crippen LogP contribution >= 0.6 is 0 Å². The van der Waals surface area contributed by atoms with Crippen molar-refractivity contribution in [3.8, 4) is 0 Å². The van der Waals surface area contributed by atoms with Crippen molar-refractivity contribution in [1.29, 1.82) is 0 Å². The number of nitrogens with zero attached hydrogens (tertiary/aromatic N) is 4. The van der Waals surface area contributed by atoms with Crippen LogP contribution in [0.2, 0.25) is 0 Å². The lowest BCUT2D eigenvalue weighted by Crippen LogP contribution is -2.34. The van der Waals surface area contributed by atoms with E-state index in [1.165, 1.54) is 23.8 Å². The first-order valence-electron chi connectivity index (χ1n) is 10.3. The zero-order chi connectivity index (χ0) is 20.9. The summed E-state index contributed by atoms with van der Waals surface area (Å²) in [6.07, 6.45) is 3.64. The zero-order valence-corrected chi connectivity index (χ0v) is 17.1. The van der Waals surface area contributed by atoms with E-state index >= 15 is 0 Å². The van der Waals surface area contributed by atoms with E-state index in [1.54, 1.807) is 24.3 Å². The summed E-state index contributed by atoms with van der Waals surface area (Å²) >= 11 is 0. The minimum Gasteiger partial charge on any atom is -0.408 e. The topological polar surface area (TPSA) is 105 Å². The normalized spacial score (nSPS) is 14.1. The molecule has 0 bridgehead atoms. The number of oxazole rings is 1. The van der Waals surface area contributed by atoms with Crippen LogP contribution in [0.25, 0.3) is 11.1 Å². The summed E-state index contributed by atoms with van der Waals surface area (Å²) in [6.45, 7) is 4.77. The van der Waals surface area contributed by atoms with Gasteiger partial charge in [-0.25, -0.2) is 14.8 Å². The molecule has 9 heteroatoms. The van der Waals surface area contributed by atoms with Gasteiger partial charge >= 0.3 is 5.76 Å². The highest BCUT2D eigenvalue weighted by Gasteiger charge is 2.14. The Morgan fingerprint density at radius 2 is 1.93 bits per heavy atom. The fraction of sp³-hybridized carbons (Fsp3) is 0.429. The predicted molar refractivity (Wildman–Crippen MR) is 115 cm³/mol. The van der Waals surface area contributed by atoms with Crippen LogP contribution in [0.4, 0.5) is 11.6 Å². The fourth-order valence-corrected chi connectivity index (χ4v) is 3.68. The molecule has 0 atom stereocenters. The number of para-hydroxylation sites is 2. The van der Waals surface area contributed by atoms with Crippen molar-refractivity contribution >= 4 is 28.6 Å². The molecule has 0 saturated carbocycles. The molecule has 0 aliphatic carbocycles. The molecule has 2 N–H and O–H groups in total. The van der Waals surface area contributed by atoms with E-state index in [0.717, 1.165) is 30.5 Å². The van der Waals surface area contributed by atoms with Crippen LogP contribution < -0.4 is 21.3 Å². The number of aryl methyl sites for hydroxylation is 1. The minimum atomic E-state index is -0.536. The molecule has 1 aromatic carbocycles. The molecule has 9 nitrogen and oxygen atoms in total. The van der Waals surface area contributed by atoms with Gasteiger partial charge in [-0.15, -0.1) is 0 Å². The van der Waals surface area contributed by atoms with E-state index < -0.39 is 5.76 Å². The van der Waals surface area contributed by atoms with Gasteiger partial charge in [0.2, 0.25) is 5.91 Å². The lowest BCUT2D eigenvalue weighted by molar-refractivity contribution is -0.121. The maximum atomic E-state index is 12.3. The summed E-state index contributed by atoms with van der Waals surface area (Å²) in [6, 6.07) is 9.00. The maximum Gasteiger partial charge on any atom is 0.420 e. The Hall–Kier alpha value is -3.36. The third-order valence-electron chi connectivity index (χ3n) is 5.13. The number of piperidine rings is 1. The van der Waals surface area contributed by atoms with Crippen LogP contribution in [0.15, 0.2) is 39.5 Å². The van der Waals surface area contributed by atoms with Crippen LogP contribution in [0.1, 0.15) is 25.1 Å². The number of carbonyl (C=O) groups excluding carboxylic acids is 1. The number of anilines is 2. The minimum absolute atomic E-state index is 0.0818. The second-order valence-corrected chi connectivity index (χ2v) is 7.40. The number of hydrogen-bond acceptors (Lipinski definition) is 7. The number of benzene rings is 1. The van der Waals surface area contributed by atoms with E-state index in [4.69, 9.17) is 4.42 Å². The second-order valence-electron chi connectivity index (χ2n) is 7.40. The van der Waals surface area contributed by atoms with Gasteiger partial charge in [0, 0.05) is 32.2 Å². The number of carbonyl (C=O) groups is 1. The standard InChI is InChI=1S/C21H26N6O3/c1-15-24-18(13-19(25-15)26-11-5-2-6-12-26)22-9-10-23-20(28)14-27-16-7-3-4-8-17(16)30-21(27)29/h3-4,7-8,13H,2,5-6,9-12,14H2,1H3,(H,23,28)(H,22,24,25). The summed E-state index contributed by atoms with van der Waals surface area (Å²) in [5.41, 5.74) is 1.08. The smallest absolute Gasteiger partial charge is 0.408 e. The Bertz CT molecular complexity index is 1080.